The summed E-state index contributed by atoms with van der Waals surface area (Å²) in [5, 5.41) is 0.550. The van der Waals surface area contributed by atoms with E-state index in [1.165, 1.54) is 19.3 Å². The average Bonchev–Trinajstić information content (AvgIpc) is 2.32. The minimum atomic E-state index is 0.550. The van der Waals surface area contributed by atoms with Gasteiger partial charge in [-0.2, -0.15) is 0 Å². The molecule has 0 radical (unpaired) electrons. The van der Waals surface area contributed by atoms with Gasteiger partial charge in [-0.15, -0.1) is 9.24 Å². The van der Waals surface area contributed by atoms with Crippen LogP contribution in [0.25, 0.3) is 0 Å². The summed E-state index contributed by atoms with van der Waals surface area (Å²) in [6.07, 6.45) is 4.29. The summed E-state index contributed by atoms with van der Waals surface area (Å²) >= 11 is 0. The van der Waals surface area contributed by atoms with Crippen LogP contribution in [-0.4, -0.2) is 5.16 Å². The van der Waals surface area contributed by atoms with Crippen LogP contribution in [0.15, 0.2) is 0 Å². The average molecular weight is 186 g/mol. The van der Waals surface area contributed by atoms with Crippen LogP contribution in [0.5, 0.6) is 0 Å². The maximum absolute atomic E-state index is 3.15. The van der Waals surface area contributed by atoms with Crippen molar-refractivity contribution < 1.29 is 0 Å². The van der Waals surface area contributed by atoms with Crippen molar-refractivity contribution in [2.45, 2.75) is 52.1 Å². The first-order valence-corrected chi connectivity index (χ1v) is 5.85. The first kappa shape index (κ1) is 10.5. The molecule has 3 unspecified atom stereocenters. The van der Waals surface area contributed by atoms with Crippen LogP contribution in [0.2, 0.25) is 0 Å². The van der Waals surface area contributed by atoms with Crippen LogP contribution < -0.4 is 0 Å². The maximum Gasteiger partial charge on any atom is -0.00967 e. The van der Waals surface area contributed by atoms with Gasteiger partial charge in [0.25, 0.3) is 0 Å². The second kappa shape index (κ2) is 3.66. The zero-order chi connectivity index (χ0) is 9.35. The predicted molar refractivity (Wildman–Crippen MR) is 59.5 cm³/mol. The van der Waals surface area contributed by atoms with E-state index in [1.807, 2.05) is 0 Å². The highest BCUT2D eigenvalue weighted by Crippen LogP contribution is 2.50. The Morgan fingerprint density at radius 3 is 2.17 bits per heavy atom. The molecule has 0 bridgehead atoms. The smallest absolute Gasteiger partial charge is 0.00967 e. The minimum absolute atomic E-state index is 0.550. The largest absolute Gasteiger partial charge is 0.131 e. The molecule has 12 heavy (non-hydrogen) atoms. The van der Waals surface area contributed by atoms with Crippen LogP contribution in [0.1, 0.15) is 47.0 Å². The number of hydrogen-bond donors (Lipinski definition) is 0. The van der Waals surface area contributed by atoms with E-state index < -0.39 is 0 Å². The van der Waals surface area contributed by atoms with Gasteiger partial charge in [-0.1, -0.05) is 34.1 Å². The van der Waals surface area contributed by atoms with Crippen molar-refractivity contribution >= 4 is 9.24 Å². The summed E-state index contributed by atoms with van der Waals surface area (Å²) in [5.74, 6) is 2.60. The molecule has 0 saturated heterocycles. The van der Waals surface area contributed by atoms with Crippen molar-refractivity contribution in [1.29, 1.82) is 0 Å². The van der Waals surface area contributed by atoms with Gasteiger partial charge in [0.05, 0.1) is 0 Å². The molecule has 0 heterocycles. The Kier molecular flexibility index (Phi) is 3.21. The monoisotopic (exact) mass is 186 g/mol. The van der Waals surface area contributed by atoms with Crippen LogP contribution in [0.4, 0.5) is 0 Å². The molecule has 0 spiro atoms. The van der Waals surface area contributed by atoms with Gasteiger partial charge < -0.3 is 0 Å². The maximum atomic E-state index is 3.15. The van der Waals surface area contributed by atoms with Crippen molar-refractivity contribution in [2.75, 3.05) is 0 Å². The fraction of sp³-hybridized carbons (Fsp3) is 1.00. The molecule has 0 aromatic heterocycles. The molecule has 72 valence electrons. The molecule has 0 nitrogen and oxygen atoms in total. The molecule has 1 heteroatoms. The Bertz CT molecular complexity index is 151. The van der Waals surface area contributed by atoms with Gasteiger partial charge in [0, 0.05) is 0 Å². The zero-order valence-electron chi connectivity index (χ0n) is 8.93. The van der Waals surface area contributed by atoms with Crippen LogP contribution >= 0.6 is 9.24 Å². The molecular weight excluding hydrogens is 163 g/mol. The molecule has 1 saturated carbocycles. The van der Waals surface area contributed by atoms with Crippen molar-refractivity contribution in [3.05, 3.63) is 0 Å². The van der Waals surface area contributed by atoms with Crippen LogP contribution in [0.3, 0.4) is 0 Å². The molecule has 1 fully saturated rings. The summed E-state index contributed by atoms with van der Waals surface area (Å²) in [7, 11) is 3.15. The lowest BCUT2D eigenvalue weighted by molar-refractivity contribution is 0.270. The predicted octanol–water partition coefficient (Wildman–Crippen LogP) is 3.71. The van der Waals surface area contributed by atoms with Gasteiger partial charge in [0.15, 0.2) is 0 Å². The second-order valence-electron chi connectivity index (χ2n) is 5.01. The fourth-order valence-electron chi connectivity index (χ4n) is 2.75. The summed E-state index contributed by atoms with van der Waals surface area (Å²) in [6.45, 7) is 9.48. The minimum Gasteiger partial charge on any atom is -0.131 e. The van der Waals surface area contributed by atoms with E-state index >= 15 is 0 Å². The van der Waals surface area contributed by atoms with E-state index in [0.29, 0.717) is 5.16 Å². The molecule has 0 aromatic carbocycles. The first-order valence-electron chi connectivity index (χ1n) is 5.27. The summed E-state index contributed by atoms with van der Waals surface area (Å²) in [5.41, 5.74) is 0. The van der Waals surface area contributed by atoms with Crippen LogP contribution in [0, 0.1) is 17.8 Å². The van der Waals surface area contributed by atoms with Crippen molar-refractivity contribution in [3.8, 4) is 0 Å². The number of hydrogen-bond acceptors (Lipinski definition) is 0. The Morgan fingerprint density at radius 1 is 1.25 bits per heavy atom. The van der Waals surface area contributed by atoms with Gasteiger partial charge in [-0.25, -0.2) is 0 Å². The summed E-state index contributed by atoms with van der Waals surface area (Å²) in [4.78, 5) is 0. The molecule has 3 atom stereocenters. The Labute approximate surface area is 79.7 Å². The molecule has 0 N–H and O–H groups in total. The lowest BCUT2D eigenvalue weighted by Gasteiger charge is -2.37. The topological polar surface area (TPSA) is 0 Å². The van der Waals surface area contributed by atoms with E-state index in [9.17, 15) is 0 Å². The van der Waals surface area contributed by atoms with E-state index in [1.54, 1.807) is 0 Å². The van der Waals surface area contributed by atoms with Gasteiger partial charge >= 0.3 is 0 Å². The Morgan fingerprint density at radius 2 is 1.83 bits per heavy atom. The molecule has 1 aliphatic rings. The highest BCUT2D eigenvalue weighted by Gasteiger charge is 2.42. The highest BCUT2D eigenvalue weighted by molar-refractivity contribution is 7.19. The molecule has 1 aliphatic carbocycles. The van der Waals surface area contributed by atoms with E-state index in [0.717, 1.165) is 17.8 Å². The zero-order valence-corrected chi connectivity index (χ0v) is 10.1. The van der Waals surface area contributed by atoms with Crippen molar-refractivity contribution in [1.82, 2.24) is 0 Å². The third kappa shape index (κ3) is 1.69. The van der Waals surface area contributed by atoms with E-state index in [2.05, 4.69) is 36.9 Å². The Hall–Kier alpha value is 0.430. The highest BCUT2D eigenvalue weighted by atomic mass is 31.0. The lowest BCUT2D eigenvalue weighted by atomic mass is 9.79. The SMILES string of the molecule is CC(C)C1CCCC1(P)C(C)C. The molecule has 1 rings (SSSR count). The summed E-state index contributed by atoms with van der Waals surface area (Å²) < 4.78 is 0. The second-order valence-corrected chi connectivity index (χ2v) is 6.08. The third-order valence-electron chi connectivity index (χ3n) is 3.69. The van der Waals surface area contributed by atoms with Crippen molar-refractivity contribution in [2.24, 2.45) is 17.8 Å². The third-order valence-corrected chi connectivity index (χ3v) is 5.08. The lowest BCUT2D eigenvalue weighted by Crippen LogP contribution is -2.34. The van der Waals surface area contributed by atoms with Crippen molar-refractivity contribution in [3.63, 3.8) is 0 Å². The Balaban J connectivity index is 2.74. The van der Waals surface area contributed by atoms with E-state index in [-0.39, 0.29) is 0 Å². The summed E-state index contributed by atoms with van der Waals surface area (Å²) in [6, 6.07) is 0. The number of rotatable bonds is 2. The van der Waals surface area contributed by atoms with Gasteiger partial charge in [-0.05, 0) is 35.8 Å². The fourth-order valence-corrected chi connectivity index (χ4v) is 3.51. The van der Waals surface area contributed by atoms with Gasteiger partial charge in [-0.3, -0.25) is 0 Å². The normalized spacial score (nSPS) is 36.8. The molecule has 0 aliphatic heterocycles. The molecule has 0 aromatic rings. The molecule has 0 amide bonds. The van der Waals surface area contributed by atoms with E-state index in [4.69, 9.17) is 0 Å². The standard InChI is InChI=1S/C11H23P/c1-8(2)10-6-5-7-11(10,12)9(3)4/h8-10H,5-7,12H2,1-4H3. The van der Waals surface area contributed by atoms with Crippen LogP contribution in [-0.2, 0) is 0 Å². The van der Waals surface area contributed by atoms with Gasteiger partial charge in [0.2, 0.25) is 0 Å². The first-order chi connectivity index (χ1) is 5.48. The molecular formula is C11H23P. The van der Waals surface area contributed by atoms with Gasteiger partial charge in [0.1, 0.15) is 0 Å². The quantitative estimate of drug-likeness (QED) is 0.577.